The minimum Gasteiger partial charge on any atom is -0.380 e. The summed E-state index contributed by atoms with van der Waals surface area (Å²) in [5, 5.41) is 3.56. The molecule has 0 aromatic carbocycles. The number of ether oxygens (including phenoxy) is 1. The Morgan fingerprint density at radius 3 is 2.92 bits per heavy atom. The van der Waals surface area contributed by atoms with Crippen LogP contribution < -0.4 is 5.32 Å². The van der Waals surface area contributed by atoms with Gasteiger partial charge in [0.2, 0.25) is 0 Å². The summed E-state index contributed by atoms with van der Waals surface area (Å²) in [4.78, 5) is 0. The summed E-state index contributed by atoms with van der Waals surface area (Å²) in [7, 11) is 0. The van der Waals surface area contributed by atoms with E-state index in [0.717, 1.165) is 31.7 Å². The van der Waals surface area contributed by atoms with Crippen LogP contribution in [0.15, 0.2) is 0 Å². The van der Waals surface area contributed by atoms with E-state index in [1.807, 2.05) is 6.92 Å². The van der Waals surface area contributed by atoms with Crippen molar-refractivity contribution in [1.82, 2.24) is 5.32 Å². The van der Waals surface area contributed by atoms with E-state index in [0.29, 0.717) is 0 Å². The topological polar surface area (TPSA) is 21.3 Å². The quantitative estimate of drug-likeness (QED) is 0.663. The van der Waals surface area contributed by atoms with Crippen LogP contribution in [0.4, 0.5) is 0 Å². The van der Waals surface area contributed by atoms with Crippen LogP contribution in [0.5, 0.6) is 0 Å². The van der Waals surface area contributed by atoms with Gasteiger partial charge in [-0.3, -0.25) is 0 Å². The molecule has 0 spiro atoms. The van der Waals surface area contributed by atoms with Gasteiger partial charge in [0, 0.05) is 19.2 Å². The van der Waals surface area contributed by atoms with Gasteiger partial charge in [0.1, 0.15) is 0 Å². The molecule has 2 nitrogen and oxygen atoms in total. The first-order valence-corrected chi connectivity index (χ1v) is 5.64. The molecule has 0 saturated heterocycles. The highest BCUT2D eigenvalue weighted by Gasteiger charge is 2.17. The van der Waals surface area contributed by atoms with Crippen LogP contribution in [-0.4, -0.2) is 25.8 Å². The van der Waals surface area contributed by atoms with Crippen LogP contribution >= 0.6 is 0 Å². The van der Waals surface area contributed by atoms with Crippen LogP contribution in [0.25, 0.3) is 0 Å². The Hall–Kier alpha value is -0.0800. The Bertz CT molecular complexity index is 127. The highest BCUT2D eigenvalue weighted by atomic mass is 16.5. The van der Waals surface area contributed by atoms with Crippen LogP contribution in [0.3, 0.4) is 0 Å². The summed E-state index contributed by atoms with van der Waals surface area (Å²) in [6.45, 7) is 7.12. The zero-order chi connectivity index (χ0) is 9.52. The molecular formula is C11H23NO. The third kappa shape index (κ3) is 4.63. The maximum Gasteiger partial charge on any atom is 0.0590 e. The molecule has 13 heavy (non-hydrogen) atoms. The lowest BCUT2D eigenvalue weighted by Gasteiger charge is -2.27. The zero-order valence-corrected chi connectivity index (χ0v) is 9.01. The summed E-state index contributed by atoms with van der Waals surface area (Å²) >= 11 is 0. The first-order chi connectivity index (χ1) is 6.33. The Balaban J connectivity index is 2.00. The first-order valence-electron chi connectivity index (χ1n) is 5.64. The second kappa shape index (κ2) is 6.39. The van der Waals surface area contributed by atoms with Gasteiger partial charge in [0.25, 0.3) is 0 Å². The highest BCUT2D eigenvalue weighted by Crippen LogP contribution is 2.23. The number of hydrogen-bond donors (Lipinski definition) is 1. The molecule has 0 heterocycles. The lowest BCUT2D eigenvalue weighted by atomic mass is 9.87. The van der Waals surface area contributed by atoms with Crippen LogP contribution in [0, 0.1) is 5.92 Å². The summed E-state index contributed by atoms with van der Waals surface area (Å²) in [6, 6.07) is 0.754. The maximum atomic E-state index is 5.29. The van der Waals surface area contributed by atoms with Gasteiger partial charge in [-0.05, 0) is 25.7 Å². The summed E-state index contributed by atoms with van der Waals surface area (Å²) in [5.41, 5.74) is 0. The van der Waals surface area contributed by atoms with Crippen molar-refractivity contribution in [2.24, 2.45) is 5.92 Å². The SMILES string of the molecule is CCOCCN[C@H]1CCC[C@@H](C)C1. The standard InChI is InChI=1S/C11H23NO/c1-3-13-8-7-12-11-6-4-5-10(2)9-11/h10-12H,3-9H2,1-2H3/t10-,11+/m1/s1. The van der Waals surface area contributed by atoms with E-state index in [1.54, 1.807) is 0 Å². The number of hydrogen-bond acceptors (Lipinski definition) is 2. The monoisotopic (exact) mass is 185 g/mol. The fourth-order valence-electron chi connectivity index (χ4n) is 2.10. The number of nitrogens with one attached hydrogen (secondary N) is 1. The van der Waals surface area contributed by atoms with Crippen molar-refractivity contribution in [3.05, 3.63) is 0 Å². The van der Waals surface area contributed by atoms with Crippen molar-refractivity contribution in [2.45, 2.75) is 45.6 Å². The molecule has 0 unspecified atom stereocenters. The molecule has 0 aromatic rings. The third-order valence-corrected chi connectivity index (χ3v) is 2.82. The van der Waals surface area contributed by atoms with Gasteiger partial charge in [-0.15, -0.1) is 0 Å². The minimum absolute atomic E-state index is 0.754. The van der Waals surface area contributed by atoms with Crippen molar-refractivity contribution in [3.8, 4) is 0 Å². The van der Waals surface area contributed by atoms with Crippen molar-refractivity contribution < 1.29 is 4.74 Å². The molecule has 0 aliphatic heterocycles. The number of rotatable bonds is 5. The van der Waals surface area contributed by atoms with Gasteiger partial charge in [-0.2, -0.15) is 0 Å². The molecule has 0 bridgehead atoms. The van der Waals surface area contributed by atoms with Gasteiger partial charge in [-0.1, -0.05) is 19.8 Å². The molecule has 1 saturated carbocycles. The Morgan fingerprint density at radius 2 is 2.23 bits per heavy atom. The minimum atomic E-state index is 0.754. The van der Waals surface area contributed by atoms with E-state index in [1.165, 1.54) is 25.7 Å². The second-order valence-corrected chi connectivity index (χ2v) is 4.12. The summed E-state index contributed by atoms with van der Waals surface area (Å²) in [6.07, 6.45) is 5.53. The van der Waals surface area contributed by atoms with Crippen LogP contribution in [0.2, 0.25) is 0 Å². The van der Waals surface area contributed by atoms with E-state index in [9.17, 15) is 0 Å². The van der Waals surface area contributed by atoms with Gasteiger partial charge in [0.15, 0.2) is 0 Å². The van der Waals surface area contributed by atoms with Crippen molar-refractivity contribution >= 4 is 0 Å². The molecule has 1 aliphatic carbocycles. The zero-order valence-electron chi connectivity index (χ0n) is 9.01. The molecule has 2 atom stereocenters. The molecular weight excluding hydrogens is 162 g/mol. The van der Waals surface area contributed by atoms with Crippen molar-refractivity contribution in [1.29, 1.82) is 0 Å². The lowest BCUT2D eigenvalue weighted by Crippen LogP contribution is -2.35. The molecule has 1 N–H and O–H groups in total. The van der Waals surface area contributed by atoms with Gasteiger partial charge >= 0.3 is 0 Å². The predicted octanol–water partition coefficient (Wildman–Crippen LogP) is 2.19. The average molecular weight is 185 g/mol. The smallest absolute Gasteiger partial charge is 0.0590 e. The predicted molar refractivity (Wildman–Crippen MR) is 55.9 cm³/mol. The van der Waals surface area contributed by atoms with Gasteiger partial charge in [-0.25, -0.2) is 0 Å². The lowest BCUT2D eigenvalue weighted by molar-refractivity contribution is 0.143. The Labute approximate surface area is 82.0 Å². The fraction of sp³-hybridized carbons (Fsp3) is 1.00. The Kier molecular flexibility index (Phi) is 5.40. The van der Waals surface area contributed by atoms with E-state index in [2.05, 4.69) is 12.2 Å². The van der Waals surface area contributed by atoms with Gasteiger partial charge < -0.3 is 10.1 Å². The average Bonchev–Trinajstić information content (AvgIpc) is 2.13. The van der Waals surface area contributed by atoms with E-state index >= 15 is 0 Å². The van der Waals surface area contributed by atoms with Crippen LogP contribution in [-0.2, 0) is 4.74 Å². The van der Waals surface area contributed by atoms with Crippen LogP contribution in [0.1, 0.15) is 39.5 Å². The molecule has 78 valence electrons. The van der Waals surface area contributed by atoms with E-state index in [-0.39, 0.29) is 0 Å². The van der Waals surface area contributed by atoms with Gasteiger partial charge in [0.05, 0.1) is 6.61 Å². The van der Waals surface area contributed by atoms with Crippen molar-refractivity contribution in [2.75, 3.05) is 19.8 Å². The molecule has 0 amide bonds. The first kappa shape index (κ1) is 11.0. The third-order valence-electron chi connectivity index (χ3n) is 2.82. The Morgan fingerprint density at radius 1 is 1.38 bits per heavy atom. The molecule has 0 aromatic heterocycles. The molecule has 1 aliphatic rings. The normalized spacial score (nSPS) is 29.1. The largest absolute Gasteiger partial charge is 0.380 e. The fourth-order valence-corrected chi connectivity index (χ4v) is 2.10. The second-order valence-electron chi connectivity index (χ2n) is 4.12. The van der Waals surface area contributed by atoms with E-state index < -0.39 is 0 Å². The highest BCUT2D eigenvalue weighted by molar-refractivity contribution is 4.75. The summed E-state index contributed by atoms with van der Waals surface area (Å²) < 4.78 is 5.29. The molecule has 1 fully saturated rings. The van der Waals surface area contributed by atoms with Crippen molar-refractivity contribution in [3.63, 3.8) is 0 Å². The molecule has 0 radical (unpaired) electrons. The van der Waals surface area contributed by atoms with E-state index in [4.69, 9.17) is 4.74 Å². The maximum absolute atomic E-state index is 5.29. The molecule has 1 rings (SSSR count). The summed E-state index contributed by atoms with van der Waals surface area (Å²) in [5.74, 6) is 0.915. The molecule has 2 heteroatoms.